The molecule has 0 atom stereocenters. The summed E-state index contributed by atoms with van der Waals surface area (Å²) in [7, 11) is 0.0915. The number of nitrogens with zero attached hydrogens (tertiary/aromatic N) is 1. The van der Waals surface area contributed by atoms with Gasteiger partial charge in [0.2, 0.25) is 0 Å². The van der Waals surface area contributed by atoms with Crippen LogP contribution < -0.4 is 15.4 Å². The fourth-order valence-corrected chi connectivity index (χ4v) is 3.76. The van der Waals surface area contributed by atoms with Crippen LogP contribution in [0.3, 0.4) is 0 Å². The second kappa shape index (κ2) is 10.8. The third kappa shape index (κ3) is 8.11. The Kier molecular flexibility index (Phi) is 8.45. The molecule has 0 fully saturated rings. The molecule has 0 bridgehead atoms. The van der Waals surface area contributed by atoms with Crippen molar-refractivity contribution in [3.05, 3.63) is 65.0 Å². The van der Waals surface area contributed by atoms with E-state index in [4.69, 9.17) is 4.74 Å². The Hall–Kier alpha value is -2.61. The van der Waals surface area contributed by atoms with Crippen LogP contribution in [0.4, 0.5) is 4.39 Å². The van der Waals surface area contributed by atoms with Gasteiger partial charge in [-0.25, -0.2) is 12.8 Å². The molecule has 0 aliphatic rings. The van der Waals surface area contributed by atoms with Gasteiger partial charge in [0.05, 0.1) is 12.9 Å². The van der Waals surface area contributed by atoms with E-state index < -0.39 is 15.7 Å². The van der Waals surface area contributed by atoms with Crippen molar-refractivity contribution in [1.29, 1.82) is 0 Å². The molecule has 2 aromatic rings. The van der Waals surface area contributed by atoms with E-state index in [-0.39, 0.29) is 12.3 Å². The van der Waals surface area contributed by atoms with E-state index in [1.807, 2.05) is 18.2 Å². The van der Waals surface area contributed by atoms with Gasteiger partial charge in [-0.05, 0) is 53.8 Å². The summed E-state index contributed by atoms with van der Waals surface area (Å²) in [5.41, 5.74) is 2.36. The molecule has 6 nitrogen and oxygen atoms in total. The van der Waals surface area contributed by atoms with Crippen molar-refractivity contribution in [1.82, 2.24) is 10.6 Å². The molecule has 0 unspecified atom stereocenters. The lowest BCUT2D eigenvalue weighted by Gasteiger charge is -2.14. The quantitative estimate of drug-likeness (QED) is 0.370. The Labute approximate surface area is 172 Å². The summed E-state index contributed by atoms with van der Waals surface area (Å²) < 4.78 is 42.1. The largest absolute Gasteiger partial charge is 0.497 e. The molecular weight excluding hydrogens is 393 g/mol. The molecular formula is C21H28FN3O3S. The summed E-state index contributed by atoms with van der Waals surface area (Å²) in [6.45, 7) is 0.981. The molecule has 2 N–H and O–H groups in total. The molecule has 2 aromatic carbocycles. The minimum atomic E-state index is -3.21. The molecule has 158 valence electrons. The number of nitrogens with one attached hydrogen (secondary N) is 2. The van der Waals surface area contributed by atoms with Gasteiger partial charge in [0, 0.05) is 26.4 Å². The lowest BCUT2D eigenvalue weighted by Crippen LogP contribution is -2.37. The normalized spacial score (nSPS) is 11.9. The fraction of sp³-hybridized carbons (Fsp3) is 0.381. The lowest BCUT2D eigenvalue weighted by molar-refractivity contribution is 0.414. The van der Waals surface area contributed by atoms with E-state index in [0.29, 0.717) is 23.6 Å². The smallest absolute Gasteiger partial charge is 0.191 e. The summed E-state index contributed by atoms with van der Waals surface area (Å²) >= 11 is 0. The van der Waals surface area contributed by atoms with Crippen LogP contribution in [0, 0.1) is 5.82 Å². The van der Waals surface area contributed by atoms with E-state index in [1.165, 1.54) is 23.8 Å². The maximum atomic E-state index is 13.6. The Bertz CT molecular complexity index is 946. The molecule has 8 heteroatoms. The van der Waals surface area contributed by atoms with Crippen molar-refractivity contribution in [2.24, 2.45) is 4.99 Å². The number of benzene rings is 2. The highest BCUT2D eigenvalue weighted by Crippen LogP contribution is 2.15. The zero-order valence-electron chi connectivity index (χ0n) is 17.0. The van der Waals surface area contributed by atoms with Crippen molar-refractivity contribution >= 4 is 15.8 Å². The van der Waals surface area contributed by atoms with E-state index in [9.17, 15) is 12.8 Å². The molecule has 2 rings (SSSR count). The molecule has 0 aromatic heterocycles. The average molecular weight is 422 g/mol. The van der Waals surface area contributed by atoms with Gasteiger partial charge in [0.15, 0.2) is 15.8 Å². The van der Waals surface area contributed by atoms with Crippen molar-refractivity contribution < 1.29 is 17.5 Å². The van der Waals surface area contributed by atoms with Crippen molar-refractivity contribution in [2.45, 2.75) is 25.1 Å². The Balaban J connectivity index is 1.87. The summed E-state index contributed by atoms with van der Waals surface area (Å²) in [6, 6.07) is 12.1. The van der Waals surface area contributed by atoms with Gasteiger partial charge in [0.1, 0.15) is 11.6 Å². The number of sulfone groups is 1. The van der Waals surface area contributed by atoms with Crippen LogP contribution in [0.5, 0.6) is 5.75 Å². The molecule has 0 aliphatic heterocycles. The second-order valence-electron chi connectivity index (χ2n) is 6.79. The van der Waals surface area contributed by atoms with E-state index in [1.54, 1.807) is 14.2 Å². The molecule has 0 heterocycles. The molecule has 0 radical (unpaired) electrons. The van der Waals surface area contributed by atoms with Crippen LogP contribution in [0.15, 0.2) is 47.5 Å². The number of hydrogen-bond donors (Lipinski definition) is 2. The van der Waals surface area contributed by atoms with Crippen LogP contribution in [-0.4, -0.2) is 41.3 Å². The van der Waals surface area contributed by atoms with Crippen LogP contribution in [0.25, 0.3) is 0 Å². The minimum absolute atomic E-state index is 0.128. The standard InChI is InChI=1S/C21H28FN3O3S/c1-23-21(24-11-5-7-16-6-4-8-20(12-16)28-2)25-14-18-13-19(22)10-9-17(18)15-29(3,26)27/h4,6,8-10,12-13H,5,7,11,14-15H2,1-3H3,(H2,23,24,25). The second-order valence-corrected chi connectivity index (χ2v) is 8.93. The molecule has 0 amide bonds. The predicted octanol–water partition coefficient (Wildman–Crippen LogP) is 2.68. The highest BCUT2D eigenvalue weighted by atomic mass is 32.2. The van der Waals surface area contributed by atoms with Gasteiger partial charge in [-0.15, -0.1) is 0 Å². The van der Waals surface area contributed by atoms with Gasteiger partial charge in [-0.2, -0.15) is 0 Å². The summed E-state index contributed by atoms with van der Waals surface area (Å²) in [6.07, 6.45) is 2.95. The summed E-state index contributed by atoms with van der Waals surface area (Å²) in [5, 5.41) is 6.33. The SMILES string of the molecule is CN=C(NCCCc1cccc(OC)c1)NCc1cc(F)ccc1CS(C)(=O)=O. The first-order valence-corrected chi connectivity index (χ1v) is 11.4. The summed E-state index contributed by atoms with van der Waals surface area (Å²) in [5.74, 6) is 0.884. The molecule has 0 saturated heterocycles. The first kappa shape index (κ1) is 22.7. The van der Waals surface area contributed by atoms with E-state index in [0.717, 1.165) is 24.8 Å². The van der Waals surface area contributed by atoms with E-state index >= 15 is 0 Å². The third-order valence-corrected chi connectivity index (χ3v) is 5.16. The van der Waals surface area contributed by atoms with E-state index in [2.05, 4.69) is 21.7 Å². The molecule has 0 saturated carbocycles. The highest BCUT2D eigenvalue weighted by molar-refractivity contribution is 7.89. The lowest BCUT2D eigenvalue weighted by atomic mass is 10.1. The van der Waals surface area contributed by atoms with Crippen LogP contribution in [0.2, 0.25) is 0 Å². The van der Waals surface area contributed by atoms with Crippen molar-refractivity contribution in [3.63, 3.8) is 0 Å². The molecule has 29 heavy (non-hydrogen) atoms. The Morgan fingerprint density at radius 1 is 1.14 bits per heavy atom. The fourth-order valence-electron chi connectivity index (χ4n) is 2.91. The van der Waals surface area contributed by atoms with Crippen LogP contribution in [0.1, 0.15) is 23.1 Å². The number of guanidine groups is 1. The first-order chi connectivity index (χ1) is 13.8. The zero-order valence-corrected chi connectivity index (χ0v) is 17.9. The topological polar surface area (TPSA) is 79.8 Å². The number of rotatable bonds is 9. The van der Waals surface area contributed by atoms with Gasteiger partial charge in [-0.3, -0.25) is 4.99 Å². The van der Waals surface area contributed by atoms with Gasteiger partial charge >= 0.3 is 0 Å². The molecule has 0 spiro atoms. The number of ether oxygens (including phenoxy) is 1. The monoisotopic (exact) mass is 421 g/mol. The van der Waals surface area contributed by atoms with Crippen molar-refractivity contribution in [2.75, 3.05) is 27.0 Å². The Morgan fingerprint density at radius 3 is 2.62 bits per heavy atom. The summed E-state index contributed by atoms with van der Waals surface area (Å²) in [4.78, 5) is 4.16. The molecule has 0 aliphatic carbocycles. The highest BCUT2D eigenvalue weighted by Gasteiger charge is 2.11. The maximum absolute atomic E-state index is 13.6. The maximum Gasteiger partial charge on any atom is 0.191 e. The van der Waals surface area contributed by atoms with Gasteiger partial charge in [0.25, 0.3) is 0 Å². The van der Waals surface area contributed by atoms with Gasteiger partial charge < -0.3 is 15.4 Å². The minimum Gasteiger partial charge on any atom is -0.497 e. The number of methoxy groups -OCH3 is 1. The third-order valence-electron chi connectivity index (χ3n) is 4.32. The van der Waals surface area contributed by atoms with Crippen molar-refractivity contribution in [3.8, 4) is 5.75 Å². The van der Waals surface area contributed by atoms with Gasteiger partial charge in [-0.1, -0.05) is 18.2 Å². The number of aliphatic imine (C=N–C) groups is 1. The number of hydrogen-bond acceptors (Lipinski definition) is 4. The zero-order chi connectivity index (χ0) is 21.3. The number of halogens is 1. The average Bonchev–Trinajstić information content (AvgIpc) is 2.68. The van der Waals surface area contributed by atoms with Crippen LogP contribution >= 0.6 is 0 Å². The number of aryl methyl sites for hydroxylation is 1. The Morgan fingerprint density at radius 2 is 1.93 bits per heavy atom. The van der Waals surface area contributed by atoms with Crippen LogP contribution in [-0.2, 0) is 28.6 Å². The predicted molar refractivity (Wildman–Crippen MR) is 114 cm³/mol. The first-order valence-electron chi connectivity index (χ1n) is 9.33.